The van der Waals surface area contributed by atoms with Gasteiger partial charge in [0.15, 0.2) is 0 Å². The average molecular weight is 203 g/mol. The third-order valence-electron chi connectivity index (χ3n) is 2.26. The van der Waals surface area contributed by atoms with E-state index in [4.69, 9.17) is 11.6 Å². The van der Waals surface area contributed by atoms with Gasteiger partial charge < -0.3 is 4.57 Å². The minimum absolute atomic E-state index is 0.618. The Morgan fingerprint density at radius 2 is 2.58 bits per heavy atom. The van der Waals surface area contributed by atoms with Crippen molar-refractivity contribution < 1.29 is 0 Å². The zero-order chi connectivity index (χ0) is 8.55. The molecule has 1 aromatic heterocycles. The smallest absolute Gasteiger partial charge is 0.128 e. The van der Waals surface area contributed by atoms with Gasteiger partial charge in [-0.3, -0.25) is 0 Å². The minimum atomic E-state index is 0.618. The van der Waals surface area contributed by atoms with Gasteiger partial charge in [-0.15, -0.1) is 0 Å². The molecule has 0 aliphatic carbocycles. The third kappa shape index (κ3) is 1.36. The monoisotopic (exact) mass is 202 g/mol. The van der Waals surface area contributed by atoms with Crippen molar-refractivity contribution in [1.29, 1.82) is 0 Å². The second-order valence-corrected chi connectivity index (χ2v) is 4.60. The molecule has 0 radical (unpaired) electrons. The Morgan fingerprint density at radius 1 is 1.75 bits per heavy atom. The van der Waals surface area contributed by atoms with Crippen molar-refractivity contribution in [3.05, 3.63) is 17.2 Å². The summed E-state index contributed by atoms with van der Waals surface area (Å²) in [6, 6.07) is 0. The highest BCUT2D eigenvalue weighted by Gasteiger charge is 2.21. The van der Waals surface area contributed by atoms with E-state index in [0.717, 1.165) is 11.0 Å². The Bertz CT molecular complexity index is 279. The molecule has 0 aromatic carbocycles. The molecular weight excluding hydrogens is 192 g/mol. The van der Waals surface area contributed by atoms with Gasteiger partial charge in [0.05, 0.1) is 6.20 Å². The maximum atomic E-state index is 5.90. The summed E-state index contributed by atoms with van der Waals surface area (Å²) in [4.78, 5) is 4.31. The SMILES string of the molecule is Cn1c(Cl)cnc1C1CCSC1. The van der Waals surface area contributed by atoms with Crippen LogP contribution >= 0.6 is 23.4 Å². The highest BCUT2D eigenvalue weighted by molar-refractivity contribution is 7.99. The van der Waals surface area contributed by atoms with E-state index in [1.165, 1.54) is 17.9 Å². The van der Waals surface area contributed by atoms with Gasteiger partial charge in [0.1, 0.15) is 11.0 Å². The van der Waals surface area contributed by atoms with Crippen LogP contribution in [0.15, 0.2) is 6.20 Å². The summed E-state index contributed by atoms with van der Waals surface area (Å²) >= 11 is 7.90. The normalized spacial score (nSPS) is 23.3. The van der Waals surface area contributed by atoms with E-state index in [0.29, 0.717) is 5.92 Å². The van der Waals surface area contributed by atoms with Crippen LogP contribution in [-0.4, -0.2) is 21.1 Å². The Kier molecular flexibility index (Phi) is 2.33. The molecule has 66 valence electrons. The average Bonchev–Trinajstić information content (AvgIpc) is 2.64. The fourth-order valence-corrected chi connectivity index (χ4v) is 2.87. The maximum absolute atomic E-state index is 5.90. The van der Waals surface area contributed by atoms with Crippen molar-refractivity contribution in [3.8, 4) is 0 Å². The van der Waals surface area contributed by atoms with Crippen LogP contribution in [0.5, 0.6) is 0 Å². The van der Waals surface area contributed by atoms with E-state index in [9.17, 15) is 0 Å². The predicted octanol–water partition coefficient (Wildman–Crippen LogP) is 2.29. The molecule has 0 amide bonds. The van der Waals surface area contributed by atoms with Crippen molar-refractivity contribution in [1.82, 2.24) is 9.55 Å². The molecule has 12 heavy (non-hydrogen) atoms. The summed E-state index contributed by atoms with van der Waals surface area (Å²) in [6.45, 7) is 0. The molecule has 1 aliphatic rings. The topological polar surface area (TPSA) is 17.8 Å². The van der Waals surface area contributed by atoms with Gasteiger partial charge in [0.2, 0.25) is 0 Å². The molecule has 0 spiro atoms. The van der Waals surface area contributed by atoms with Gasteiger partial charge in [-0.05, 0) is 12.2 Å². The summed E-state index contributed by atoms with van der Waals surface area (Å²) in [7, 11) is 1.98. The second kappa shape index (κ2) is 3.30. The molecule has 1 unspecified atom stereocenters. The molecule has 0 N–H and O–H groups in total. The summed E-state index contributed by atoms with van der Waals surface area (Å²) in [5.74, 6) is 4.22. The number of aromatic nitrogens is 2. The molecule has 1 aliphatic heterocycles. The number of nitrogens with zero attached hydrogens (tertiary/aromatic N) is 2. The van der Waals surface area contributed by atoms with Gasteiger partial charge in [0.25, 0.3) is 0 Å². The van der Waals surface area contributed by atoms with Crippen molar-refractivity contribution in [2.75, 3.05) is 11.5 Å². The molecule has 4 heteroatoms. The van der Waals surface area contributed by atoms with E-state index in [-0.39, 0.29) is 0 Å². The predicted molar refractivity (Wildman–Crippen MR) is 52.9 cm³/mol. The molecular formula is C8H11ClN2S. The van der Waals surface area contributed by atoms with Gasteiger partial charge >= 0.3 is 0 Å². The summed E-state index contributed by atoms with van der Waals surface area (Å²) in [5.41, 5.74) is 0. The van der Waals surface area contributed by atoms with E-state index < -0.39 is 0 Å². The number of imidazole rings is 1. The maximum Gasteiger partial charge on any atom is 0.128 e. The van der Waals surface area contributed by atoms with Gasteiger partial charge in [-0.1, -0.05) is 11.6 Å². The zero-order valence-corrected chi connectivity index (χ0v) is 8.53. The number of thioether (sulfide) groups is 1. The van der Waals surface area contributed by atoms with Crippen molar-refractivity contribution >= 4 is 23.4 Å². The number of halogens is 1. The van der Waals surface area contributed by atoms with Crippen molar-refractivity contribution in [2.45, 2.75) is 12.3 Å². The lowest BCUT2D eigenvalue weighted by Crippen LogP contribution is -2.05. The van der Waals surface area contributed by atoms with Crippen molar-refractivity contribution in [2.24, 2.45) is 7.05 Å². The highest BCUT2D eigenvalue weighted by Crippen LogP contribution is 2.32. The third-order valence-corrected chi connectivity index (χ3v) is 3.78. The Balaban J connectivity index is 2.26. The van der Waals surface area contributed by atoms with Gasteiger partial charge in [-0.25, -0.2) is 4.98 Å². The molecule has 1 atom stereocenters. The van der Waals surface area contributed by atoms with Gasteiger partial charge in [0, 0.05) is 18.7 Å². The van der Waals surface area contributed by atoms with Crippen LogP contribution in [0.3, 0.4) is 0 Å². The fraction of sp³-hybridized carbons (Fsp3) is 0.625. The summed E-state index contributed by atoms with van der Waals surface area (Å²) in [5, 5.41) is 0.738. The summed E-state index contributed by atoms with van der Waals surface area (Å²) < 4.78 is 1.98. The fourth-order valence-electron chi connectivity index (χ4n) is 1.52. The van der Waals surface area contributed by atoms with Crippen LogP contribution in [0.1, 0.15) is 18.2 Å². The molecule has 2 heterocycles. The molecule has 2 rings (SSSR count). The van der Waals surface area contributed by atoms with E-state index in [2.05, 4.69) is 4.98 Å². The molecule has 1 aromatic rings. The van der Waals surface area contributed by atoms with E-state index in [1.54, 1.807) is 6.20 Å². The molecule has 1 fully saturated rings. The number of hydrogen-bond donors (Lipinski definition) is 0. The number of rotatable bonds is 1. The van der Waals surface area contributed by atoms with Crippen LogP contribution in [0.25, 0.3) is 0 Å². The summed E-state index contributed by atoms with van der Waals surface area (Å²) in [6.07, 6.45) is 2.98. The van der Waals surface area contributed by atoms with Crippen LogP contribution in [0.4, 0.5) is 0 Å². The van der Waals surface area contributed by atoms with E-state index >= 15 is 0 Å². The zero-order valence-electron chi connectivity index (χ0n) is 6.96. The molecule has 1 saturated heterocycles. The Morgan fingerprint density at radius 3 is 3.08 bits per heavy atom. The van der Waals surface area contributed by atoms with Crippen LogP contribution in [0, 0.1) is 0 Å². The molecule has 0 bridgehead atoms. The Labute approximate surface area is 81.3 Å². The molecule has 0 saturated carbocycles. The van der Waals surface area contributed by atoms with E-state index in [1.807, 2.05) is 23.4 Å². The minimum Gasteiger partial charge on any atom is -0.322 e. The first-order chi connectivity index (χ1) is 5.79. The Hall–Kier alpha value is -0.150. The largest absolute Gasteiger partial charge is 0.322 e. The second-order valence-electron chi connectivity index (χ2n) is 3.06. The van der Waals surface area contributed by atoms with Crippen LogP contribution in [0.2, 0.25) is 5.15 Å². The first-order valence-electron chi connectivity index (χ1n) is 4.04. The van der Waals surface area contributed by atoms with Gasteiger partial charge in [-0.2, -0.15) is 11.8 Å². The van der Waals surface area contributed by atoms with Crippen LogP contribution in [-0.2, 0) is 7.05 Å². The number of hydrogen-bond acceptors (Lipinski definition) is 2. The standard InChI is InChI=1S/C8H11ClN2S/c1-11-7(9)4-10-8(11)6-2-3-12-5-6/h4,6H,2-3,5H2,1H3. The van der Waals surface area contributed by atoms with Crippen LogP contribution < -0.4 is 0 Å². The van der Waals surface area contributed by atoms with Crippen molar-refractivity contribution in [3.63, 3.8) is 0 Å². The quantitative estimate of drug-likeness (QED) is 0.696. The lowest BCUT2D eigenvalue weighted by Gasteiger charge is -2.07. The molecule has 2 nitrogen and oxygen atoms in total. The lowest BCUT2D eigenvalue weighted by atomic mass is 10.1. The highest BCUT2D eigenvalue weighted by atomic mass is 35.5. The lowest BCUT2D eigenvalue weighted by molar-refractivity contribution is 0.672. The first kappa shape index (κ1) is 8.45. The first-order valence-corrected chi connectivity index (χ1v) is 5.57.